The molecule has 1 heterocycles. The lowest BCUT2D eigenvalue weighted by atomic mass is 9.92. The average Bonchev–Trinajstić information content (AvgIpc) is 2.92. The van der Waals surface area contributed by atoms with E-state index in [1.165, 1.54) is 10.7 Å². The number of rotatable bonds is 3. The highest BCUT2D eigenvalue weighted by molar-refractivity contribution is 5.92. The van der Waals surface area contributed by atoms with Crippen molar-refractivity contribution in [2.75, 3.05) is 0 Å². The van der Waals surface area contributed by atoms with E-state index in [2.05, 4.69) is 10.4 Å². The zero-order valence-corrected chi connectivity index (χ0v) is 14.4. The van der Waals surface area contributed by atoms with E-state index in [-0.39, 0.29) is 41.7 Å². The second-order valence-corrected chi connectivity index (χ2v) is 6.26. The number of amides is 1. The summed E-state index contributed by atoms with van der Waals surface area (Å²) in [6.07, 6.45) is 3.61. The molecule has 1 aliphatic carbocycles. The van der Waals surface area contributed by atoms with Crippen LogP contribution < -0.4 is 16.6 Å². The molecular weight excluding hydrogens is 328 g/mol. The van der Waals surface area contributed by atoms with Gasteiger partial charge in [-0.05, 0) is 44.7 Å². The Hall–Kier alpha value is -2.05. The van der Waals surface area contributed by atoms with Crippen molar-refractivity contribution >= 4 is 18.3 Å². The average molecular weight is 351 g/mol. The lowest BCUT2D eigenvalue weighted by molar-refractivity contribution is 0.0920. The van der Waals surface area contributed by atoms with Crippen LogP contribution in [-0.4, -0.2) is 27.8 Å². The van der Waals surface area contributed by atoms with Crippen LogP contribution >= 0.6 is 12.4 Å². The van der Waals surface area contributed by atoms with E-state index >= 15 is 0 Å². The van der Waals surface area contributed by atoms with Crippen LogP contribution in [0, 0.1) is 6.92 Å². The molecule has 24 heavy (non-hydrogen) atoms. The smallest absolute Gasteiger partial charge is 0.271 e. The van der Waals surface area contributed by atoms with E-state index in [1.54, 1.807) is 0 Å². The minimum Gasteiger partial charge on any atom is -0.348 e. The van der Waals surface area contributed by atoms with E-state index in [4.69, 9.17) is 5.73 Å². The lowest BCUT2D eigenvalue weighted by Crippen LogP contribution is -2.40. The normalized spacial score (nSPS) is 20.2. The molecule has 0 atom stereocenters. The summed E-state index contributed by atoms with van der Waals surface area (Å²) in [6, 6.07) is 9.25. The highest BCUT2D eigenvalue weighted by Crippen LogP contribution is 2.17. The summed E-state index contributed by atoms with van der Waals surface area (Å²) >= 11 is 0. The monoisotopic (exact) mass is 350 g/mol. The van der Waals surface area contributed by atoms with Gasteiger partial charge in [0.15, 0.2) is 0 Å². The molecule has 7 heteroatoms. The van der Waals surface area contributed by atoms with Crippen LogP contribution in [-0.2, 0) is 0 Å². The number of nitrogens with zero attached hydrogens (tertiary/aromatic N) is 1. The molecule has 0 spiro atoms. The SMILES string of the molecule is Cc1ccc(-n2[nH]c(C(=O)NC3CCC(N)CC3)cc2=O)cc1.Cl. The minimum absolute atomic E-state index is 0. The quantitative estimate of drug-likeness (QED) is 0.789. The summed E-state index contributed by atoms with van der Waals surface area (Å²) in [5.41, 5.74) is 7.73. The number of carbonyl (C=O) groups excluding carboxylic acids is 1. The van der Waals surface area contributed by atoms with Gasteiger partial charge in [0, 0.05) is 18.2 Å². The molecule has 4 N–H and O–H groups in total. The highest BCUT2D eigenvalue weighted by atomic mass is 35.5. The Kier molecular flexibility index (Phi) is 5.85. The molecule has 1 fully saturated rings. The zero-order chi connectivity index (χ0) is 16.4. The molecule has 3 rings (SSSR count). The second-order valence-electron chi connectivity index (χ2n) is 6.26. The molecule has 1 aromatic heterocycles. The van der Waals surface area contributed by atoms with Gasteiger partial charge in [-0.15, -0.1) is 12.4 Å². The van der Waals surface area contributed by atoms with Gasteiger partial charge < -0.3 is 11.1 Å². The molecule has 1 aromatic carbocycles. The van der Waals surface area contributed by atoms with Gasteiger partial charge in [-0.3, -0.25) is 14.7 Å². The first kappa shape index (κ1) is 18.3. The zero-order valence-electron chi connectivity index (χ0n) is 13.6. The third kappa shape index (κ3) is 4.07. The van der Waals surface area contributed by atoms with Crippen LogP contribution in [0.15, 0.2) is 35.1 Å². The Morgan fingerprint density at radius 2 is 1.83 bits per heavy atom. The van der Waals surface area contributed by atoms with E-state index in [9.17, 15) is 9.59 Å². The number of hydrogen-bond donors (Lipinski definition) is 3. The highest BCUT2D eigenvalue weighted by Gasteiger charge is 2.21. The summed E-state index contributed by atoms with van der Waals surface area (Å²) in [5.74, 6) is -0.242. The topological polar surface area (TPSA) is 92.9 Å². The summed E-state index contributed by atoms with van der Waals surface area (Å²) in [6.45, 7) is 1.98. The van der Waals surface area contributed by atoms with Crippen molar-refractivity contribution < 1.29 is 4.79 Å². The molecule has 0 aliphatic heterocycles. The van der Waals surface area contributed by atoms with Crippen molar-refractivity contribution in [3.05, 3.63) is 51.9 Å². The van der Waals surface area contributed by atoms with Gasteiger partial charge in [0.25, 0.3) is 11.5 Å². The number of aromatic amines is 1. The van der Waals surface area contributed by atoms with Gasteiger partial charge in [0.2, 0.25) is 0 Å². The third-order valence-electron chi connectivity index (χ3n) is 4.36. The Morgan fingerprint density at radius 1 is 1.21 bits per heavy atom. The fourth-order valence-electron chi connectivity index (χ4n) is 2.92. The van der Waals surface area contributed by atoms with E-state index in [1.807, 2.05) is 31.2 Å². The fourth-order valence-corrected chi connectivity index (χ4v) is 2.92. The van der Waals surface area contributed by atoms with Gasteiger partial charge >= 0.3 is 0 Å². The van der Waals surface area contributed by atoms with Gasteiger partial charge in [0.05, 0.1) is 5.69 Å². The summed E-state index contributed by atoms with van der Waals surface area (Å²) in [7, 11) is 0. The number of carbonyl (C=O) groups is 1. The number of nitrogens with one attached hydrogen (secondary N) is 2. The molecule has 0 unspecified atom stereocenters. The maximum absolute atomic E-state index is 12.3. The lowest BCUT2D eigenvalue weighted by Gasteiger charge is -2.26. The number of benzene rings is 1. The van der Waals surface area contributed by atoms with Crippen LogP contribution in [0.4, 0.5) is 0 Å². The van der Waals surface area contributed by atoms with Crippen molar-refractivity contribution in [1.82, 2.24) is 15.1 Å². The number of H-pyrrole nitrogens is 1. The van der Waals surface area contributed by atoms with Gasteiger partial charge in [0.1, 0.15) is 5.69 Å². The number of halogens is 1. The Morgan fingerprint density at radius 3 is 2.46 bits per heavy atom. The van der Waals surface area contributed by atoms with E-state index in [0.29, 0.717) is 5.69 Å². The first-order valence-electron chi connectivity index (χ1n) is 7.98. The van der Waals surface area contributed by atoms with Crippen molar-refractivity contribution in [3.8, 4) is 5.69 Å². The van der Waals surface area contributed by atoms with Crippen molar-refractivity contribution in [1.29, 1.82) is 0 Å². The molecule has 130 valence electrons. The number of nitrogens with two attached hydrogens (primary N) is 1. The first-order chi connectivity index (χ1) is 11.0. The van der Waals surface area contributed by atoms with Crippen molar-refractivity contribution in [2.24, 2.45) is 5.73 Å². The summed E-state index contributed by atoms with van der Waals surface area (Å²) in [5, 5.41) is 5.86. The Bertz CT molecular complexity index is 743. The van der Waals surface area contributed by atoms with E-state index in [0.717, 1.165) is 31.2 Å². The standard InChI is InChI=1S/C17H22N4O2.ClH/c1-11-2-8-14(9-3-11)21-16(22)10-15(20-21)17(23)19-13-6-4-12(18)5-7-13;/h2-3,8-10,12-13,20H,4-7,18H2,1H3,(H,19,23);1H. The van der Waals surface area contributed by atoms with Gasteiger partial charge in [-0.25, -0.2) is 4.68 Å². The Labute approximate surface area is 146 Å². The maximum Gasteiger partial charge on any atom is 0.271 e. The van der Waals surface area contributed by atoms with Crippen LogP contribution in [0.5, 0.6) is 0 Å². The molecule has 0 radical (unpaired) electrons. The Balaban J connectivity index is 0.00000208. The molecule has 1 amide bonds. The molecule has 1 saturated carbocycles. The predicted octanol–water partition coefficient (Wildman–Crippen LogP) is 1.90. The van der Waals surface area contributed by atoms with Gasteiger partial charge in [-0.1, -0.05) is 17.7 Å². The van der Waals surface area contributed by atoms with Crippen LogP contribution in [0.2, 0.25) is 0 Å². The summed E-state index contributed by atoms with van der Waals surface area (Å²) in [4.78, 5) is 24.4. The van der Waals surface area contributed by atoms with Crippen LogP contribution in [0.25, 0.3) is 5.69 Å². The van der Waals surface area contributed by atoms with Crippen molar-refractivity contribution in [3.63, 3.8) is 0 Å². The number of aromatic nitrogens is 2. The fraction of sp³-hybridized carbons (Fsp3) is 0.412. The van der Waals surface area contributed by atoms with Crippen LogP contribution in [0.3, 0.4) is 0 Å². The molecule has 2 aromatic rings. The molecular formula is C17H23ClN4O2. The molecule has 6 nitrogen and oxygen atoms in total. The van der Waals surface area contributed by atoms with Gasteiger partial charge in [-0.2, -0.15) is 0 Å². The first-order valence-corrected chi connectivity index (χ1v) is 7.98. The third-order valence-corrected chi connectivity index (χ3v) is 4.36. The van der Waals surface area contributed by atoms with Crippen LogP contribution in [0.1, 0.15) is 41.7 Å². The second kappa shape index (κ2) is 7.68. The summed E-state index contributed by atoms with van der Waals surface area (Å²) < 4.78 is 1.38. The minimum atomic E-state index is -0.246. The number of aryl methyl sites for hydroxylation is 1. The molecule has 0 saturated heterocycles. The van der Waals surface area contributed by atoms with Crippen molar-refractivity contribution in [2.45, 2.75) is 44.7 Å². The maximum atomic E-state index is 12.3. The molecule has 1 aliphatic rings. The van der Waals surface area contributed by atoms with E-state index < -0.39 is 0 Å². The number of hydrogen-bond acceptors (Lipinski definition) is 3. The largest absolute Gasteiger partial charge is 0.348 e. The molecule has 0 bridgehead atoms. The predicted molar refractivity (Wildman–Crippen MR) is 96.1 cm³/mol.